The van der Waals surface area contributed by atoms with Gasteiger partial charge in [0.25, 0.3) is 5.95 Å². The molecule has 32 heavy (non-hydrogen) atoms. The first-order chi connectivity index (χ1) is 15.4. The van der Waals surface area contributed by atoms with Gasteiger partial charge in [0, 0.05) is 20.0 Å². The average molecular weight is 447 g/mol. The van der Waals surface area contributed by atoms with E-state index >= 15 is 0 Å². The molecule has 0 unspecified atom stereocenters. The average Bonchev–Trinajstić information content (AvgIpc) is 2.79. The molecule has 1 N–H and O–H groups in total. The van der Waals surface area contributed by atoms with Gasteiger partial charge < -0.3 is 23.8 Å². The second-order valence-corrected chi connectivity index (χ2v) is 6.30. The highest BCUT2D eigenvalue weighted by Crippen LogP contribution is 2.39. The number of aromatic nitrogens is 3. The van der Waals surface area contributed by atoms with Crippen LogP contribution in [0.25, 0.3) is 0 Å². The molecule has 0 bridgehead atoms. The number of esters is 1. The number of carbonyl (C=O) groups is 1. The maximum Gasteiger partial charge on any atom is 0.323 e. The molecule has 2 heterocycles. The molecule has 1 aliphatic heterocycles. The number of carbonyl (C=O) groups excluding carboxylic acids is 1. The van der Waals surface area contributed by atoms with Gasteiger partial charge in [-0.3, -0.25) is 14.9 Å². The number of nitrogens with zero attached hydrogens (tertiary/aromatic N) is 6. The summed E-state index contributed by atoms with van der Waals surface area (Å²) in [4.78, 5) is 36.7. The lowest BCUT2D eigenvalue weighted by Gasteiger charge is -2.26. The van der Waals surface area contributed by atoms with Crippen molar-refractivity contribution in [3.8, 4) is 17.5 Å². The van der Waals surface area contributed by atoms with E-state index in [1.165, 1.54) is 39.5 Å². The summed E-state index contributed by atoms with van der Waals surface area (Å²) >= 11 is 0. The van der Waals surface area contributed by atoms with Crippen molar-refractivity contribution in [2.24, 2.45) is 5.10 Å². The van der Waals surface area contributed by atoms with Crippen molar-refractivity contribution in [3.05, 3.63) is 27.8 Å². The number of hydrazone groups is 1. The van der Waals surface area contributed by atoms with Crippen molar-refractivity contribution in [1.82, 2.24) is 15.0 Å². The predicted molar refractivity (Wildman–Crippen MR) is 112 cm³/mol. The van der Waals surface area contributed by atoms with Crippen molar-refractivity contribution >= 4 is 29.8 Å². The molecule has 1 aromatic carbocycles. The topological polar surface area (TPSA) is 163 Å². The van der Waals surface area contributed by atoms with Gasteiger partial charge in [0.15, 0.2) is 5.75 Å². The first kappa shape index (κ1) is 22.6. The molecule has 14 nitrogen and oxygen atoms in total. The SMILES string of the molecule is COc1nc(N/N=C\c2ccc(OC(C)=O)c(OC)c2[N+](=O)[O-])nc(N2CCOCC2)n1. The Morgan fingerprint density at radius 3 is 2.62 bits per heavy atom. The number of morpholine rings is 1. The van der Waals surface area contributed by atoms with Gasteiger partial charge in [-0.25, -0.2) is 5.43 Å². The van der Waals surface area contributed by atoms with Gasteiger partial charge in [0.1, 0.15) is 0 Å². The van der Waals surface area contributed by atoms with Crippen LogP contribution in [-0.2, 0) is 9.53 Å². The highest BCUT2D eigenvalue weighted by atomic mass is 16.6. The van der Waals surface area contributed by atoms with Crippen LogP contribution in [0.5, 0.6) is 17.5 Å². The monoisotopic (exact) mass is 447 g/mol. The maximum atomic E-state index is 11.6. The number of hydrogen-bond donors (Lipinski definition) is 1. The molecule has 3 rings (SSSR count). The fourth-order valence-electron chi connectivity index (χ4n) is 2.84. The Kier molecular flexibility index (Phi) is 7.28. The van der Waals surface area contributed by atoms with E-state index in [0.29, 0.717) is 32.3 Å². The van der Waals surface area contributed by atoms with Gasteiger partial charge in [-0.15, -0.1) is 0 Å². The molecule has 0 spiro atoms. The lowest BCUT2D eigenvalue weighted by atomic mass is 10.1. The highest BCUT2D eigenvalue weighted by molar-refractivity contribution is 5.89. The first-order valence-electron chi connectivity index (χ1n) is 9.38. The summed E-state index contributed by atoms with van der Waals surface area (Å²) in [6, 6.07) is 2.83. The largest absolute Gasteiger partial charge is 0.488 e. The zero-order valence-electron chi connectivity index (χ0n) is 17.6. The Labute approximate surface area is 182 Å². The maximum absolute atomic E-state index is 11.6. The van der Waals surface area contributed by atoms with Crippen molar-refractivity contribution < 1.29 is 28.7 Å². The Balaban J connectivity index is 1.86. The van der Waals surface area contributed by atoms with E-state index in [1.807, 2.05) is 4.90 Å². The molecule has 1 aliphatic rings. The molecule has 0 saturated carbocycles. The summed E-state index contributed by atoms with van der Waals surface area (Å²) in [6.07, 6.45) is 1.20. The molecule has 1 fully saturated rings. The van der Waals surface area contributed by atoms with Crippen molar-refractivity contribution in [2.75, 3.05) is 50.8 Å². The zero-order valence-corrected chi connectivity index (χ0v) is 17.6. The molecule has 0 aliphatic carbocycles. The number of nitro benzene ring substituents is 1. The fraction of sp³-hybridized carbons (Fsp3) is 0.389. The summed E-state index contributed by atoms with van der Waals surface area (Å²) in [5.41, 5.74) is 2.30. The van der Waals surface area contributed by atoms with Crippen molar-refractivity contribution in [3.63, 3.8) is 0 Å². The number of nitrogens with one attached hydrogen (secondary N) is 1. The smallest absolute Gasteiger partial charge is 0.323 e. The Morgan fingerprint density at radius 1 is 1.25 bits per heavy atom. The number of nitro groups is 1. The van der Waals surface area contributed by atoms with Gasteiger partial charge in [-0.1, -0.05) is 0 Å². The van der Waals surface area contributed by atoms with Crippen molar-refractivity contribution in [1.29, 1.82) is 0 Å². The zero-order chi connectivity index (χ0) is 23.1. The van der Waals surface area contributed by atoms with E-state index in [1.54, 1.807) is 0 Å². The van der Waals surface area contributed by atoms with E-state index in [0.717, 1.165) is 0 Å². The molecule has 0 atom stereocenters. The van der Waals surface area contributed by atoms with Crippen LogP contribution in [0.2, 0.25) is 0 Å². The van der Waals surface area contributed by atoms with E-state index in [2.05, 4.69) is 25.5 Å². The predicted octanol–water partition coefficient (Wildman–Crippen LogP) is 1.00. The second-order valence-electron chi connectivity index (χ2n) is 6.30. The molecule has 2 aromatic rings. The van der Waals surface area contributed by atoms with Crippen LogP contribution in [0.1, 0.15) is 12.5 Å². The Morgan fingerprint density at radius 2 is 2.00 bits per heavy atom. The van der Waals surface area contributed by atoms with Crippen LogP contribution in [0.4, 0.5) is 17.6 Å². The summed E-state index contributed by atoms with van der Waals surface area (Å²) in [5.74, 6) is -0.447. The second kappa shape index (κ2) is 10.3. The number of benzene rings is 1. The summed E-state index contributed by atoms with van der Waals surface area (Å²) < 4.78 is 20.5. The summed E-state index contributed by atoms with van der Waals surface area (Å²) in [5, 5.41) is 15.6. The third kappa shape index (κ3) is 5.34. The minimum absolute atomic E-state index is 0.0748. The summed E-state index contributed by atoms with van der Waals surface area (Å²) in [7, 11) is 2.66. The van der Waals surface area contributed by atoms with Crippen LogP contribution in [0.3, 0.4) is 0 Å². The van der Waals surface area contributed by atoms with Crippen LogP contribution in [0, 0.1) is 10.1 Å². The molecule has 0 radical (unpaired) electrons. The van der Waals surface area contributed by atoms with Crippen LogP contribution < -0.4 is 24.5 Å². The van der Waals surface area contributed by atoms with Gasteiger partial charge in [-0.2, -0.15) is 20.1 Å². The molecule has 14 heteroatoms. The van der Waals surface area contributed by atoms with Crippen LogP contribution in [0.15, 0.2) is 17.2 Å². The normalized spacial score (nSPS) is 13.7. The molecular formula is C18H21N7O7. The van der Waals surface area contributed by atoms with Gasteiger partial charge in [-0.05, 0) is 12.1 Å². The molecular weight excluding hydrogens is 426 g/mol. The Bertz CT molecular complexity index is 1020. The Hall–Kier alpha value is -4.07. The van der Waals surface area contributed by atoms with Gasteiger partial charge in [0.05, 0.1) is 44.1 Å². The molecule has 0 amide bonds. The molecule has 1 aromatic heterocycles. The number of rotatable bonds is 8. The lowest BCUT2D eigenvalue weighted by molar-refractivity contribution is -0.385. The van der Waals surface area contributed by atoms with Crippen molar-refractivity contribution in [2.45, 2.75) is 6.92 Å². The number of hydrogen-bond acceptors (Lipinski definition) is 13. The lowest BCUT2D eigenvalue weighted by Crippen LogP contribution is -2.37. The molecule has 170 valence electrons. The molecule has 1 saturated heterocycles. The van der Waals surface area contributed by atoms with Crippen LogP contribution in [-0.4, -0.2) is 72.6 Å². The number of anilines is 2. The van der Waals surface area contributed by atoms with Gasteiger partial charge >= 0.3 is 17.7 Å². The summed E-state index contributed by atoms with van der Waals surface area (Å²) in [6.45, 7) is 3.49. The highest BCUT2D eigenvalue weighted by Gasteiger charge is 2.25. The van der Waals surface area contributed by atoms with E-state index in [4.69, 9.17) is 18.9 Å². The minimum Gasteiger partial charge on any atom is -0.488 e. The fourth-order valence-corrected chi connectivity index (χ4v) is 2.84. The van der Waals surface area contributed by atoms with E-state index < -0.39 is 16.6 Å². The number of methoxy groups -OCH3 is 2. The van der Waals surface area contributed by atoms with E-state index in [9.17, 15) is 14.9 Å². The first-order valence-corrected chi connectivity index (χ1v) is 9.38. The minimum atomic E-state index is -0.657. The number of ether oxygens (including phenoxy) is 4. The third-order valence-corrected chi connectivity index (χ3v) is 4.21. The van der Waals surface area contributed by atoms with Crippen LogP contribution >= 0.6 is 0 Å². The van der Waals surface area contributed by atoms with E-state index in [-0.39, 0.29) is 29.0 Å². The van der Waals surface area contributed by atoms with Gasteiger partial charge in [0.2, 0.25) is 11.7 Å². The standard InChI is InChI=1S/C18H21N7O7/c1-11(26)32-13-5-4-12(14(25(27)28)15(13)29-2)10-19-23-16-20-17(22-18(21-16)30-3)24-6-8-31-9-7-24/h4-5,10H,6-9H2,1-3H3,(H,20,21,22,23)/b19-10-. The third-order valence-electron chi connectivity index (χ3n) is 4.21. The quantitative estimate of drug-likeness (QED) is 0.201.